The van der Waals surface area contributed by atoms with Gasteiger partial charge in [-0.2, -0.15) is 0 Å². The molecule has 5 heterocycles. The first-order valence-corrected chi connectivity index (χ1v) is 19.5. The van der Waals surface area contributed by atoms with Crippen LogP contribution < -0.4 is 0 Å². The molecule has 0 aliphatic rings. The molecular formula is C49H27N5O2S. The third kappa shape index (κ3) is 5.15. The van der Waals surface area contributed by atoms with Crippen LogP contribution in [0.1, 0.15) is 0 Å². The molecule has 8 heteroatoms. The molecular weight excluding hydrogens is 723 g/mol. The molecule has 0 aliphatic heterocycles. The van der Waals surface area contributed by atoms with Gasteiger partial charge >= 0.3 is 0 Å². The highest BCUT2D eigenvalue weighted by Crippen LogP contribution is 2.43. The van der Waals surface area contributed by atoms with Crippen molar-refractivity contribution < 1.29 is 8.83 Å². The summed E-state index contributed by atoms with van der Waals surface area (Å²) >= 11 is 1.72. The number of aromatic nitrogens is 5. The van der Waals surface area contributed by atoms with E-state index in [0.717, 1.165) is 92.1 Å². The lowest BCUT2D eigenvalue weighted by Crippen LogP contribution is -2.00. The van der Waals surface area contributed by atoms with Gasteiger partial charge in [-0.25, -0.2) is 24.9 Å². The summed E-state index contributed by atoms with van der Waals surface area (Å²) < 4.78 is 14.8. The summed E-state index contributed by atoms with van der Waals surface area (Å²) in [5.74, 6) is 2.43. The lowest BCUT2D eigenvalue weighted by molar-refractivity contribution is 0.667. The van der Waals surface area contributed by atoms with Gasteiger partial charge in [-0.05, 0) is 42.5 Å². The van der Waals surface area contributed by atoms with Crippen molar-refractivity contribution in [2.45, 2.75) is 0 Å². The van der Waals surface area contributed by atoms with Gasteiger partial charge in [-0.15, -0.1) is 11.3 Å². The summed E-state index contributed by atoms with van der Waals surface area (Å²) in [4.78, 5) is 25.5. The van der Waals surface area contributed by atoms with Crippen molar-refractivity contribution in [3.05, 3.63) is 164 Å². The van der Waals surface area contributed by atoms with Crippen molar-refractivity contribution in [3.8, 4) is 56.8 Å². The van der Waals surface area contributed by atoms with Crippen LogP contribution in [-0.2, 0) is 0 Å². The van der Waals surface area contributed by atoms with Gasteiger partial charge in [-0.3, -0.25) is 0 Å². The number of furan rings is 2. The first kappa shape index (κ1) is 31.8. The molecule has 0 amide bonds. The molecule has 0 aliphatic carbocycles. The van der Waals surface area contributed by atoms with Crippen LogP contribution in [0.4, 0.5) is 0 Å². The minimum absolute atomic E-state index is 0.577. The van der Waals surface area contributed by atoms with Crippen LogP contribution in [0.25, 0.3) is 121 Å². The Morgan fingerprint density at radius 1 is 0.368 bits per heavy atom. The van der Waals surface area contributed by atoms with Crippen molar-refractivity contribution >= 4 is 75.5 Å². The monoisotopic (exact) mass is 749 g/mol. The summed E-state index contributed by atoms with van der Waals surface area (Å²) in [5, 5.41) is 5.39. The summed E-state index contributed by atoms with van der Waals surface area (Å²) in [6, 6.07) is 55.3. The van der Waals surface area contributed by atoms with Crippen molar-refractivity contribution in [2.24, 2.45) is 0 Å². The maximum absolute atomic E-state index is 6.38. The van der Waals surface area contributed by atoms with Crippen LogP contribution in [0.2, 0.25) is 0 Å². The van der Waals surface area contributed by atoms with Crippen LogP contribution in [-0.4, -0.2) is 24.9 Å². The summed E-state index contributed by atoms with van der Waals surface area (Å²) in [5.41, 5.74) is 9.29. The quantitative estimate of drug-likeness (QED) is 0.173. The molecule has 57 heavy (non-hydrogen) atoms. The number of nitrogens with zero attached hydrogens (tertiary/aromatic N) is 5. The van der Waals surface area contributed by atoms with Crippen LogP contribution in [0, 0.1) is 0 Å². The zero-order valence-electron chi connectivity index (χ0n) is 30.0. The Balaban J connectivity index is 1.02. The smallest absolute Gasteiger partial charge is 0.180 e. The van der Waals surface area contributed by atoms with E-state index in [1.165, 1.54) is 0 Å². The summed E-state index contributed by atoms with van der Waals surface area (Å²) in [6.45, 7) is 0. The van der Waals surface area contributed by atoms with E-state index in [2.05, 4.69) is 72.8 Å². The van der Waals surface area contributed by atoms with Crippen LogP contribution >= 0.6 is 11.3 Å². The predicted octanol–water partition coefficient (Wildman–Crippen LogP) is 13.2. The third-order valence-electron chi connectivity index (χ3n) is 10.6. The zero-order valence-corrected chi connectivity index (χ0v) is 30.9. The highest BCUT2D eigenvalue weighted by molar-refractivity contribution is 7.26. The van der Waals surface area contributed by atoms with Gasteiger partial charge < -0.3 is 8.83 Å². The highest BCUT2D eigenvalue weighted by Gasteiger charge is 2.21. The molecule has 266 valence electrons. The van der Waals surface area contributed by atoms with Gasteiger partial charge in [-0.1, -0.05) is 121 Å². The predicted molar refractivity (Wildman–Crippen MR) is 230 cm³/mol. The van der Waals surface area contributed by atoms with E-state index in [1.54, 1.807) is 11.3 Å². The number of rotatable bonds is 5. The fraction of sp³-hybridized carbons (Fsp3) is 0. The molecule has 0 N–H and O–H groups in total. The second kappa shape index (κ2) is 12.5. The van der Waals surface area contributed by atoms with Crippen molar-refractivity contribution in [2.75, 3.05) is 0 Å². The molecule has 0 fully saturated rings. The van der Waals surface area contributed by atoms with Crippen molar-refractivity contribution in [1.29, 1.82) is 0 Å². The van der Waals surface area contributed by atoms with E-state index >= 15 is 0 Å². The maximum atomic E-state index is 6.38. The number of benzene rings is 7. The second-order valence-electron chi connectivity index (χ2n) is 14.0. The van der Waals surface area contributed by atoms with E-state index in [-0.39, 0.29) is 0 Å². The number of thiophene rings is 1. The molecule has 12 aromatic rings. The number of hydrogen-bond acceptors (Lipinski definition) is 8. The Morgan fingerprint density at radius 2 is 0.965 bits per heavy atom. The molecule has 0 saturated carbocycles. The lowest BCUT2D eigenvalue weighted by atomic mass is 10.1. The Bertz CT molecular complexity index is 3540. The minimum Gasteiger partial charge on any atom is -0.456 e. The topological polar surface area (TPSA) is 90.7 Å². The Morgan fingerprint density at radius 3 is 1.74 bits per heavy atom. The average Bonchev–Trinajstić information content (AvgIpc) is 3.97. The third-order valence-corrected chi connectivity index (χ3v) is 11.8. The van der Waals surface area contributed by atoms with E-state index in [0.29, 0.717) is 28.9 Å². The van der Waals surface area contributed by atoms with E-state index in [9.17, 15) is 0 Å². The van der Waals surface area contributed by atoms with Gasteiger partial charge in [0.15, 0.2) is 28.9 Å². The van der Waals surface area contributed by atoms with Gasteiger partial charge in [0, 0.05) is 64.1 Å². The molecule has 0 atom stereocenters. The number of para-hydroxylation sites is 2. The fourth-order valence-electron chi connectivity index (χ4n) is 7.83. The minimum atomic E-state index is 0.577. The number of hydrogen-bond donors (Lipinski definition) is 0. The normalized spacial score (nSPS) is 11.9. The maximum Gasteiger partial charge on any atom is 0.180 e. The van der Waals surface area contributed by atoms with Crippen LogP contribution in [0.15, 0.2) is 173 Å². The SMILES string of the molecule is c1ccc(-c2nc(-c3ccc4c(c3)oc3ccccc34)nc(-c3ccc4c(c3)sc3c(-c5nc(-c6ccccc6)c6oc7ccccc7c6n5)cccc34)n2)cc1. The molecule has 12 rings (SSSR count). The first-order valence-electron chi connectivity index (χ1n) is 18.7. The van der Waals surface area contributed by atoms with Crippen LogP contribution in [0.3, 0.4) is 0 Å². The lowest BCUT2D eigenvalue weighted by Gasteiger charge is -2.08. The molecule has 0 bridgehead atoms. The Kier molecular flexibility index (Phi) is 6.96. The van der Waals surface area contributed by atoms with Gasteiger partial charge in [0.1, 0.15) is 28.0 Å². The highest BCUT2D eigenvalue weighted by atomic mass is 32.1. The Labute approximate surface area is 328 Å². The standard InChI is InChI=1S/C49H27N5O2S/c1-3-12-28(13-4-1)42-44-43(36-17-8-10-21-39(36)56-44)51-49(50-42)37-19-11-18-35-34-25-23-31(27-41(34)57-45(35)37)48-53-46(29-14-5-2-6-15-29)52-47(54-48)30-22-24-33-32-16-7-9-20-38(32)55-40(33)26-30/h1-27H. The van der Waals surface area contributed by atoms with Gasteiger partial charge in [0.25, 0.3) is 0 Å². The fourth-order valence-corrected chi connectivity index (χ4v) is 9.08. The van der Waals surface area contributed by atoms with E-state index < -0.39 is 0 Å². The van der Waals surface area contributed by atoms with Crippen LogP contribution in [0.5, 0.6) is 0 Å². The summed E-state index contributed by atoms with van der Waals surface area (Å²) in [6.07, 6.45) is 0. The van der Waals surface area contributed by atoms with E-state index in [4.69, 9.17) is 33.8 Å². The second-order valence-corrected chi connectivity index (χ2v) is 15.1. The van der Waals surface area contributed by atoms with Crippen molar-refractivity contribution in [1.82, 2.24) is 24.9 Å². The van der Waals surface area contributed by atoms with Crippen molar-refractivity contribution in [3.63, 3.8) is 0 Å². The summed E-state index contributed by atoms with van der Waals surface area (Å²) in [7, 11) is 0. The molecule has 0 radical (unpaired) electrons. The average molecular weight is 750 g/mol. The molecule has 0 unspecified atom stereocenters. The first-order chi connectivity index (χ1) is 28.2. The Hall–Kier alpha value is -7.55. The zero-order chi connectivity index (χ0) is 37.5. The number of fused-ring (bicyclic) bond motifs is 9. The molecule has 0 saturated heterocycles. The molecule has 0 spiro atoms. The molecule has 7 nitrogen and oxygen atoms in total. The van der Waals surface area contributed by atoms with Gasteiger partial charge in [0.05, 0.1) is 0 Å². The molecule has 5 aromatic heterocycles. The van der Waals surface area contributed by atoms with E-state index in [1.807, 2.05) is 91.0 Å². The van der Waals surface area contributed by atoms with Gasteiger partial charge in [0.2, 0.25) is 0 Å². The molecule has 7 aromatic carbocycles. The largest absolute Gasteiger partial charge is 0.456 e.